The zero-order valence-electron chi connectivity index (χ0n) is 26.2. The minimum atomic E-state index is -2.27. The van der Waals surface area contributed by atoms with Crippen LogP contribution in [-0.4, -0.2) is 98.9 Å². The van der Waals surface area contributed by atoms with Crippen LogP contribution in [-0.2, 0) is 30.5 Å². The molecule has 0 saturated carbocycles. The van der Waals surface area contributed by atoms with Crippen LogP contribution in [0.3, 0.4) is 0 Å². The van der Waals surface area contributed by atoms with Gasteiger partial charge in [0.15, 0.2) is 6.10 Å². The van der Waals surface area contributed by atoms with Crippen molar-refractivity contribution in [3.63, 3.8) is 0 Å². The predicted molar refractivity (Wildman–Crippen MR) is 167 cm³/mol. The standard InChI is InChI=1S/C32H44N4O11/c1-19(2)15-23(34-25(38)13-14-33-32(46)47-18-20-9-5-3-6-10-20)30(44)36-24(17-37)27(41)28(42)29(43)31(45)35-22(16-26(39)40)21-11-7-4-8-12-21/h3-12,19,22-24,27-29,37,41-43H,13-18H2,1-2H3,(H,33,46)(H,34,38)(H,35,45)(H,36,44)(H,39,40)/t22-,23-,24-,27+,28+,29-/m0/s1. The highest BCUT2D eigenvalue weighted by atomic mass is 16.5. The van der Waals surface area contributed by atoms with Crippen LogP contribution in [0.5, 0.6) is 0 Å². The van der Waals surface area contributed by atoms with Crippen molar-refractivity contribution in [1.29, 1.82) is 0 Å². The van der Waals surface area contributed by atoms with E-state index in [4.69, 9.17) is 4.74 Å². The number of carboxylic acids is 1. The molecule has 0 aromatic heterocycles. The van der Waals surface area contributed by atoms with Gasteiger partial charge >= 0.3 is 12.1 Å². The van der Waals surface area contributed by atoms with E-state index in [1.54, 1.807) is 68.4 Å². The molecule has 15 heteroatoms. The van der Waals surface area contributed by atoms with E-state index in [0.29, 0.717) is 5.56 Å². The summed E-state index contributed by atoms with van der Waals surface area (Å²) in [6.07, 6.45) is -7.84. The van der Waals surface area contributed by atoms with E-state index >= 15 is 0 Å². The van der Waals surface area contributed by atoms with Gasteiger partial charge in [-0.1, -0.05) is 74.5 Å². The highest BCUT2D eigenvalue weighted by molar-refractivity contribution is 5.88. The van der Waals surface area contributed by atoms with Crippen LogP contribution in [0.25, 0.3) is 0 Å². The molecule has 0 fully saturated rings. The van der Waals surface area contributed by atoms with Gasteiger partial charge < -0.3 is 51.5 Å². The van der Waals surface area contributed by atoms with Crippen molar-refractivity contribution in [3.8, 4) is 0 Å². The maximum atomic E-state index is 13.1. The molecule has 0 unspecified atom stereocenters. The van der Waals surface area contributed by atoms with E-state index in [2.05, 4.69) is 21.3 Å². The lowest BCUT2D eigenvalue weighted by Gasteiger charge is -2.30. The normalized spacial score (nSPS) is 14.9. The molecule has 15 nitrogen and oxygen atoms in total. The molecular formula is C32H44N4O11. The summed E-state index contributed by atoms with van der Waals surface area (Å²) < 4.78 is 5.09. The van der Waals surface area contributed by atoms with Gasteiger partial charge in [0, 0.05) is 13.0 Å². The lowest BCUT2D eigenvalue weighted by Crippen LogP contribution is -2.59. The van der Waals surface area contributed by atoms with Crippen molar-refractivity contribution in [2.75, 3.05) is 13.2 Å². The number of alkyl carbamates (subject to hydrolysis) is 1. The first kappa shape index (κ1) is 38.6. The molecule has 0 bridgehead atoms. The Morgan fingerprint density at radius 1 is 0.809 bits per heavy atom. The maximum absolute atomic E-state index is 13.1. The number of carboxylic acid groups (broad SMARTS) is 1. The number of ether oxygens (including phenoxy) is 1. The van der Waals surface area contributed by atoms with Crippen LogP contribution in [0.15, 0.2) is 60.7 Å². The smallest absolute Gasteiger partial charge is 0.407 e. The summed E-state index contributed by atoms with van der Waals surface area (Å²) in [7, 11) is 0. The maximum Gasteiger partial charge on any atom is 0.407 e. The Morgan fingerprint density at radius 3 is 2.00 bits per heavy atom. The second-order valence-corrected chi connectivity index (χ2v) is 11.3. The van der Waals surface area contributed by atoms with Crippen LogP contribution < -0.4 is 21.3 Å². The largest absolute Gasteiger partial charge is 0.481 e. The molecule has 258 valence electrons. The number of aliphatic hydroxyl groups excluding tert-OH is 4. The Kier molecular flexibility index (Phi) is 16.3. The summed E-state index contributed by atoms with van der Waals surface area (Å²) in [4.78, 5) is 61.7. The predicted octanol–water partition coefficient (Wildman–Crippen LogP) is -0.274. The number of rotatable bonds is 19. The van der Waals surface area contributed by atoms with E-state index in [1.807, 2.05) is 6.07 Å². The number of hydrogen-bond acceptors (Lipinski definition) is 10. The van der Waals surface area contributed by atoms with Crippen LogP contribution >= 0.6 is 0 Å². The van der Waals surface area contributed by atoms with Crippen molar-refractivity contribution in [2.45, 2.75) is 76.2 Å². The number of hydrogen-bond donors (Lipinski definition) is 9. The second-order valence-electron chi connectivity index (χ2n) is 11.3. The van der Waals surface area contributed by atoms with Gasteiger partial charge in [0.1, 0.15) is 24.9 Å². The highest BCUT2D eigenvalue weighted by Gasteiger charge is 2.37. The van der Waals surface area contributed by atoms with Gasteiger partial charge in [-0.05, 0) is 23.5 Å². The molecule has 0 aliphatic carbocycles. The molecule has 0 aliphatic rings. The Balaban J connectivity index is 1.94. The number of aliphatic hydroxyl groups is 4. The molecule has 0 aliphatic heterocycles. The topological polar surface area (TPSA) is 244 Å². The summed E-state index contributed by atoms with van der Waals surface area (Å²) >= 11 is 0. The summed E-state index contributed by atoms with van der Waals surface area (Å²) in [5.74, 6) is -3.93. The Morgan fingerprint density at radius 2 is 1.43 bits per heavy atom. The minimum Gasteiger partial charge on any atom is -0.481 e. The lowest BCUT2D eigenvalue weighted by atomic mass is 9.98. The molecule has 6 atom stereocenters. The van der Waals surface area contributed by atoms with E-state index < -0.39 is 79.2 Å². The molecule has 0 saturated heterocycles. The van der Waals surface area contributed by atoms with Crippen LogP contribution in [0, 0.1) is 5.92 Å². The summed E-state index contributed by atoms with van der Waals surface area (Å²) in [6, 6.07) is 13.3. The van der Waals surface area contributed by atoms with Crippen LogP contribution in [0.1, 0.15) is 50.3 Å². The van der Waals surface area contributed by atoms with E-state index in [9.17, 15) is 49.5 Å². The first-order valence-corrected chi connectivity index (χ1v) is 15.1. The first-order valence-electron chi connectivity index (χ1n) is 15.1. The lowest BCUT2D eigenvalue weighted by molar-refractivity contribution is -0.145. The van der Waals surface area contributed by atoms with Crippen molar-refractivity contribution in [3.05, 3.63) is 71.8 Å². The SMILES string of the molecule is CC(C)C[C@H](NC(=O)CCNC(=O)OCc1ccccc1)C(=O)N[C@@H](CO)[C@@H](O)[C@@H](O)[C@H](O)C(=O)N[C@@H](CC(=O)O)c1ccccc1. The molecular weight excluding hydrogens is 616 g/mol. The monoisotopic (exact) mass is 660 g/mol. The average molecular weight is 661 g/mol. The zero-order chi connectivity index (χ0) is 34.9. The molecule has 47 heavy (non-hydrogen) atoms. The number of nitrogens with one attached hydrogen (secondary N) is 4. The quantitative estimate of drug-likeness (QED) is 0.0949. The van der Waals surface area contributed by atoms with Crippen molar-refractivity contribution in [1.82, 2.24) is 21.3 Å². The van der Waals surface area contributed by atoms with E-state index in [-0.39, 0.29) is 31.9 Å². The number of carbonyl (C=O) groups is 5. The Bertz CT molecular complexity index is 1300. The summed E-state index contributed by atoms with van der Waals surface area (Å²) in [6.45, 7) is 2.63. The Hall–Kier alpha value is -4.57. The van der Waals surface area contributed by atoms with Gasteiger partial charge in [-0.25, -0.2) is 4.79 Å². The molecule has 4 amide bonds. The third-order valence-corrected chi connectivity index (χ3v) is 6.97. The van der Waals surface area contributed by atoms with Gasteiger partial charge in [0.05, 0.1) is 25.1 Å². The average Bonchev–Trinajstić information content (AvgIpc) is 3.04. The van der Waals surface area contributed by atoms with Crippen molar-refractivity contribution < 1.29 is 54.2 Å². The number of benzene rings is 2. The van der Waals surface area contributed by atoms with E-state index in [1.165, 1.54) is 0 Å². The van der Waals surface area contributed by atoms with Gasteiger partial charge in [0.25, 0.3) is 5.91 Å². The van der Waals surface area contributed by atoms with Gasteiger partial charge in [-0.15, -0.1) is 0 Å². The fourth-order valence-corrected chi connectivity index (χ4v) is 4.49. The fourth-order valence-electron chi connectivity index (χ4n) is 4.49. The molecule has 0 spiro atoms. The summed E-state index contributed by atoms with van der Waals surface area (Å²) in [5, 5.41) is 60.4. The Labute approximate surface area is 272 Å². The molecule has 0 heterocycles. The van der Waals surface area contributed by atoms with Crippen molar-refractivity contribution >= 4 is 29.8 Å². The minimum absolute atomic E-state index is 0.0444. The number of amides is 4. The molecule has 2 aromatic carbocycles. The summed E-state index contributed by atoms with van der Waals surface area (Å²) in [5.41, 5.74) is 1.20. The number of carbonyl (C=O) groups excluding carboxylic acids is 4. The third kappa shape index (κ3) is 13.8. The van der Waals surface area contributed by atoms with E-state index in [0.717, 1.165) is 5.56 Å². The van der Waals surface area contributed by atoms with Crippen molar-refractivity contribution in [2.24, 2.45) is 5.92 Å². The van der Waals surface area contributed by atoms with Crippen LogP contribution in [0.2, 0.25) is 0 Å². The highest BCUT2D eigenvalue weighted by Crippen LogP contribution is 2.18. The zero-order valence-corrected chi connectivity index (χ0v) is 26.2. The number of aliphatic carboxylic acids is 1. The molecule has 2 aromatic rings. The van der Waals surface area contributed by atoms with Crippen LogP contribution in [0.4, 0.5) is 4.79 Å². The first-order chi connectivity index (χ1) is 22.3. The third-order valence-electron chi connectivity index (χ3n) is 6.97. The van der Waals surface area contributed by atoms with Gasteiger partial charge in [-0.3, -0.25) is 19.2 Å². The van der Waals surface area contributed by atoms with Gasteiger partial charge in [0.2, 0.25) is 11.8 Å². The van der Waals surface area contributed by atoms with Gasteiger partial charge in [-0.2, -0.15) is 0 Å². The second kappa shape index (κ2) is 19.8. The molecule has 9 N–H and O–H groups in total. The molecule has 0 radical (unpaired) electrons. The fraction of sp³-hybridized carbons (Fsp3) is 0.469. The molecule has 2 rings (SSSR count).